The van der Waals surface area contributed by atoms with Crippen LogP contribution >= 0.6 is 11.6 Å². The minimum absolute atomic E-state index is 0.0387. The summed E-state index contributed by atoms with van der Waals surface area (Å²) in [5.74, 6) is 0.776. The van der Waals surface area contributed by atoms with E-state index >= 15 is 0 Å². The Morgan fingerprint density at radius 2 is 1.88 bits per heavy atom. The molecule has 0 aliphatic rings. The summed E-state index contributed by atoms with van der Waals surface area (Å²) in [5.41, 5.74) is 2.68. The molecular formula is C24H24ClN5O2. The standard InChI is InChI=1S/C24H24ClN5O2/c1-2-14-29(17-22-27-28-24(32-22)20-10-6-7-11-21(20)25)23(31)13-12-18-15-26-30(16-18)19-8-4-3-5-9-19/h3-11,15-16H,2,12-14,17H2,1H3. The van der Waals surface area contributed by atoms with Gasteiger partial charge in [-0.25, -0.2) is 4.68 Å². The number of aromatic nitrogens is 4. The number of halogens is 1. The molecule has 4 rings (SSSR count). The highest BCUT2D eigenvalue weighted by atomic mass is 35.5. The van der Waals surface area contributed by atoms with Crippen LogP contribution in [-0.4, -0.2) is 37.3 Å². The molecule has 0 fully saturated rings. The second-order valence-corrected chi connectivity index (χ2v) is 7.83. The Labute approximate surface area is 191 Å². The lowest BCUT2D eigenvalue weighted by molar-refractivity contribution is -0.132. The van der Waals surface area contributed by atoms with Crippen molar-refractivity contribution in [1.29, 1.82) is 0 Å². The van der Waals surface area contributed by atoms with Crippen molar-refractivity contribution in [2.75, 3.05) is 6.54 Å². The first kappa shape index (κ1) is 21.8. The average molecular weight is 450 g/mol. The van der Waals surface area contributed by atoms with Gasteiger partial charge in [0, 0.05) is 19.2 Å². The zero-order valence-electron chi connectivity index (χ0n) is 17.8. The molecule has 0 atom stereocenters. The first-order valence-electron chi connectivity index (χ1n) is 10.6. The number of hydrogen-bond donors (Lipinski definition) is 0. The van der Waals surface area contributed by atoms with Crippen LogP contribution in [0, 0.1) is 0 Å². The molecule has 0 aliphatic heterocycles. The van der Waals surface area contributed by atoms with Crippen LogP contribution in [0.3, 0.4) is 0 Å². The molecule has 164 valence electrons. The topological polar surface area (TPSA) is 77.1 Å². The highest BCUT2D eigenvalue weighted by Crippen LogP contribution is 2.26. The Morgan fingerprint density at radius 3 is 2.66 bits per heavy atom. The summed E-state index contributed by atoms with van der Waals surface area (Å²) in [6, 6.07) is 17.2. The molecule has 2 aromatic carbocycles. The summed E-state index contributed by atoms with van der Waals surface area (Å²) >= 11 is 6.22. The van der Waals surface area contributed by atoms with Gasteiger partial charge in [0.25, 0.3) is 0 Å². The van der Waals surface area contributed by atoms with Crippen LogP contribution in [0.15, 0.2) is 71.4 Å². The van der Waals surface area contributed by atoms with Gasteiger partial charge in [-0.05, 0) is 42.7 Å². The molecule has 0 unspecified atom stereocenters. The minimum atomic E-state index is 0.0387. The second-order valence-electron chi connectivity index (χ2n) is 7.42. The van der Waals surface area contributed by atoms with Crippen LogP contribution in [-0.2, 0) is 17.8 Å². The number of hydrogen-bond acceptors (Lipinski definition) is 5. The van der Waals surface area contributed by atoms with Crippen LogP contribution in [0.4, 0.5) is 0 Å². The Morgan fingerprint density at radius 1 is 1.09 bits per heavy atom. The fourth-order valence-electron chi connectivity index (χ4n) is 3.41. The Kier molecular flexibility index (Phi) is 6.97. The van der Waals surface area contributed by atoms with Crippen molar-refractivity contribution >= 4 is 17.5 Å². The lowest BCUT2D eigenvalue weighted by Gasteiger charge is -2.20. The highest BCUT2D eigenvalue weighted by molar-refractivity contribution is 6.33. The molecular weight excluding hydrogens is 426 g/mol. The van der Waals surface area contributed by atoms with Crippen molar-refractivity contribution < 1.29 is 9.21 Å². The first-order valence-corrected chi connectivity index (χ1v) is 11.0. The SMILES string of the molecule is CCCN(Cc1nnc(-c2ccccc2Cl)o1)C(=O)CCc1cnn(-c2ccccc2)c1. The normalized spacial score (nSPS) is 10.9. The third kappa shape index (κ3) is 5.23. The van der Waals surface area contributed by atoms with Crippen molar-refractivity contribution in [1.82, 2.24) is 24.9 Å². The first-order chi connectivity index (χ1) is 15.6. The van der Waals surface area contributed by atoms with E-state index in [1.807, 2.05) is 66.3 Å². The zero-order chi connectivity index (χ0) is 22.3. The molecule has 2 heterocycles. The summed E-state index contributed by atoms with van der Waals surface area (Å²) in [7, 11) is 0. The van der Waals surface area contributed by atoms with Crippen molar-refractivity contribution in [3.63, 3.8) is 0 Å². The molecule has 0 bridgehead atoms. The number of rotatable bonds is 9. The van der Waals surface area contributed by atoms with E-state index in [9.17, 15) is 4.79 Å². The summed E-state index contributed by atoms with van der Waals surface area (Å²) in [6.07, 6.45) is 5.59. The lowest BCUT2D eigenvalue weighted by atomic mass is 10.2. The molecule has 4 aromatic rings. The molecule has 1 amide bonds. The number of carbonyl (C=O) groups excluding carboxylic acids is 1. The quantitative estimate of drug-likeness (QED) is 0.361. The zero-order valence-corrected chi connectivity index (χ0v) is 18.6. The smallest absolute Gasteiger partial charge is 0.249 e. The number of para-hydroxylation sites is 1. The highest BCUT2D eigenvalue weighted by Gasteiger charge is 2.18. The summed E-state index contributed by atoms with van der Waals surface area (Å²) in [6.45, 7) is 2.92. The van der Waals surface area contributed by atoms with E-state index in [-0.39, 0.29) is 12.5 Å². The van der Waals surface area contributed by atoms with Crippen LogP contribution in [0.25, 0.3) is 17.1 Å². The molecule has 0 N–H and O–H groups in total. The van der Waals surface area contributed by atoms with Crippen molar-refractivity contribution in [3.8, 4) is 17.1 Å². The lowest BCUT2D eigenvalue weighted by Crippen LogP contribution is -2.31. The third-order valence-corrected chi connectivity index (χ3v) is 5.36. The van der Waals surface area contributed by atoms with E-state index in [1.165, 1.54) is 0 Å². The largest absolute Gasteiger partial charge is 0.419 e. The number of nitrogens with zero attached hydrogens (tertiary/aromatic N) is 5. The molecule has 0 aliphatic carbocycles. The maximum absolute atomic E-state index is 12.9. The molecule has 7 nitrogen and oxygen atoms in total. The van der Waals surface area contributed by atoms with Crippen LogP contribution in [0.1, 0.15) is 31.2 Å². The summed E-state index contributed by atoms with van der Waals surface area (Å²) in [5, 5.41) is 13.1. The van der Waals surface area contributed by atoms with E-state index < -0.39 is 0 Å². The fraction of sp³-hybridized carbons (Fsp3) is 0.250. The molecule has 0 spiro atoms. The Bertz CT molecular complexity index is 1170. The van der Waals surface area contributed by atoms with Gasteiger partial charge in [-0.3, -0.25) is 4.79 Å². The predicted octanol–water partition coefficient (Wildman–Crippen LogP) is 4.95. The van der Waals surface area contributed by atoms with Crippen LogP contribution < -0.4 is 0 Å². The predicted molar refractivity (Wildman–Crippen MR) is 122 cm³/mol. The van der Waals surface area contributed by atoms with E-state index in [0.29, 0.717) is 41.8 Å². The average Bonchev–Trinajstić information content (AvgIpc) is 3.48. The minimum Gasteiger partial charge on any atom is -0.419 e. The van der Waals surface area contributed by atoms with Gasteiger partial charge in [0.2, 0.25) is 17.7 Å². The monoisotopic (exact) mass is 449 g/mol. The van der Waals surface area contributed by atoms with E-state index in [0.717, 1.165) is 17.7 Å². The molecule has 0 saturated carbocycles. The Hall–Kier alpha value is -3.45. The second kappa shape index (κ2) is 10.2. The number of aryl methyl sites for hydroxylation is 1. The van der Waals surface area contributed by atoms with Crippen LogP contribution in [0.5, 0.6) is 0 Å². The molecule has 2 aromatic heterocycles. The van der Waals surface area contributed by atoms with Gasteiger partial charge in [-0.1, -0.05) is 48.9 Å². The van der Waals surface area contributed by atoms with E-state index in [2.05, 4.69) is 15.3 Å². The van der Waals surface area contributed by atoms with E-state index in [1.54, 1.807) is 17.2 Å². The van der Waals surface area contributed by atoms with Crippen molar-refractivity contribution in [3.05, 3.63) is 83.5 Å². The molecule has 32 heavy (non-hydrogen) atoms. The molecule has 8 heteroatoms. The summed E-state index contributed by atoms with van der Waals surface area (Å²) in [4.78, 5) is 14.7. The maximum Gasteiger partial charge on any atom is 0.249 e. The van der Waals surface area contributed by atoms with E-state index in [4.69, 9.17) is 16.0 Å². The van der Waals surface area contributed by atoms with Gasteiger partial charge in [-0.15, -0.1) is 10.2 Å². The Balaban J connectivity index is 1.38. The molecule has 0 radical (unpaired) electrons. The van der Waals surface area contributed by atoms with Gasteiger partial charge < -0.3 is 9.32 Å². The number of benzene rings is 2. The number of amides is 1. The van der Waals surface area contributed by atoms with Gasteiger partial charge in [0.1, 0.15) is 0 Å². The maximum atomic E-state index is 12.9. The molecule has 0 saturated heterocycles. The van der Waals surface area contributed by atoms with Crippen molar-refractivity contribution in [2.45, 2.75) is 32.7 Å². The fourth-order valence-corrected chi connectivity index (χ4v) is 3.62. The van der Waals surface area contributed by atoms with Crippen molar-refractivity contribution in [2.24, 2.45) is 0 Å². The van der Waals surface area contributed by atoms with Gasteiger partial charge in [-0.2, -0.15) is 5.10 Å². The van der Waals surface area contributed by atoms with Gasteiger partial charge in [0.05, 0.1) is 29.0 Å². The number of carbonyl (C=O) groups is 1. The van der Waals surface area contributed by atoms with Gasteiger partial charge >= 0.3 is 0 Å². The van der Waals surface area contributed by atoms with Crippen LogP contribution in [0.2, 0.25) is 5.02 Å². The summed E-state index contributed by atoms with van der Waals surface area (Å²) < 4.78 is 7.60. The van der Waals surface area contributed by atoms with Gasteiger partial charge in [0.15, 0.2) is 0 Å². The third-order valence-electron chi connectivity index (χ3n) is 5.03.